The third kappa shape index (κ3) is 3.76. The Bertz CT molecular complexity index is 167. The second kappa shape index (κ2) is 5.19. The van der Waals surface area contributed by atoms with Crippen molar-refractivity contribution in [2.75, 3.05) is 0 Å². The fourth-order valence-electron chi connectivity index (χ4n) is 1.41. The Hall–Kier alpha value is -0.510. The maximum Gasteiger partial charge on any atom is 0.108 e. The van der Waals surface area contributed by atoms with E-state index in [-0.39, 0.29) is 0 Å². The van der Waals surface area contributed by atoms with Gasteiger partial charge in [0.05, 0.1) is 0 Å². The summed E-state index contributed by atoms with van der Waals surface area (Å²) in [5.41, 5.74) is 0. The Morgan fingerprint density at radius 1 is 1.50 bits per heavy atom. The van der Waals surface area contributed by atoms with Crippen LogP contribution in [0.2, 0.25) is 0 Å². The summed E-state index contributed by atoms with van der Waals surface area (Å²) in [5, 5.41) is 0. The minimum atomic E-state index is -0.771. The van der Waals surface area contributed by atoms with E-state index in [0.29, 0.717) is 12.3 Å². The molecule has 0 spiro atoms. The molecular weight excluding hydrogens is 151 g/mol. The van der Waals surface area contributed by atoms with Crippen LogP contribution in [0, 0.1) is 24.2 Å². The molecule has 1 aliphatic carbocycles. The van der Waals surface area contributed by atoms with E-state index in [4.69, 9.17) is 0 Å². The van der Waals surface area contributed by atoms with Crippen LogP contribution in [0.5, 0.6) is 0 Å². The number of hydrogen-bond donors (Lipinski definition) is 0. The van der Waals surface area contributed by atoms with Gasteiger partial charge in [-0.15, -0.1) is 5.92 Å². The molecule has 0 amide bonds. The molecule has 1 saturated carbocycles. The maximum atomic E-state index is 12.3. The minimum Gasteiger partial charge on any atom is -0.247 e. The summed E-state index contributed by atoms with van der Waals surface area (Å²) < 4.78 is 12.3. The molecule has 0 nitrogen and oxygen atoms in total. The summed E-state index contributed by atoms with van der Waals surface area (Å²) in [7, 11) is 0. The third-order valence-corrected chi connectivity index (χ3v) is 2.13. The molecule has 1 fully saturated rings. The van der Waals surface area contributed by atoms with Crippen LogP contribution in [0.4, 0.5) is 4.39 Å². The lowest BCUT2D eigenvalue weighted by Crippen LogP contribution is -2.03. The normalized spacial score (nSPS) is 21.2. The van der Waals surface area contributed by atoms with Crippen LogP contribution in [-0.4, -0.2) is 6.17 Å². The van der Waals surface area contributed by atoms with Crippen molar-refractivity contribution in [3.8, 4) is 11.8 Å². The Balaban J connectivity index is 2.21. The van der Waals surface area contributed by atoms with Gasteiger partial charge in [0.2, 0.25) is 0 Å². The van der Waals surface area contributed by atoms with Gasteiger partial charge in [-0.05, 0) is 39.0 Å². The summed E-state index contributed by atoms with van der Waals surface area (Å²) in [4.78, 5) is 0. The van der Waals surface area contributed by atoms with E-state index in [9.17, 15) is 4.39 Å². The predicted molar refractivity (Wildman–Crippen MR) is 49.2 cm³/mol. The lowest BCUT2D eigenvalue weighted by atomic mass is 9.90. The molecule has 67 valence electrons. The van der Waals surface area contributed by atoms with E-state index in [1.165, 1.54) is 25.7 Å². The summed E-state index contributed by atoms with van der Waals surface area (Å²) in [6.07, 6.45) is 6.67. The first-order valence-electron chi connectivity index (χ1n) is 4.73. The summed E-state index contributed by atoms with van der Waals surface area (Å²) in [6.45, 7) is 1.56. The smallest absolute Gasteiger partial charge is 0.108 e. The van der Waals surface area contributed by atoms with Crippen molar-refractivity contribution in [2.45, 2.75) is 45.2 Å². The van der Waals surface area contributed by atoms with Crippen molar-refractivity contribution in [2.24, 2.45) is 5.92 Å². The fourth-order valence-corrected chi connectivity index (χ4v) is 1.41. The minimum absolute atomic E-state index is 0.403. The summed E-state index contributed by atoms with van der Waals surface area (Å²) in [6, 6.07) is 0. The highest BCUT2D eigenvalue weighted by Crippen LogP contribution is 2.21. The summed E-state index contributed by atoms with van der Waals surface area (Å²) in [5.74, 6) is 6.59. The quantitative estimate of drug-likeness (QED) is 0.526. The van der Waals surface area contributed by atoms with Gasteiger partial charge in [-0.25, -0.2) is 4.39 Å². The Morgan fingerprint density at radius 3 is 2.75 bits per heavy atom. The lowest BCUT2D eigenvalue weighted by Gasteiger charge is -2.15. The number of rotatable bonds is 1. The van der Waals surface area contributed by atoms with Gasteiger partial charge >= 0.3 is 0 Å². The average Bonchev–Trinajstić information content (AvgIpc) is 2.05. The zero-order valence-electron chi connectivity index (χ0n) is 7.65. The first-order valence-corrected chi connectivity index (χ1v) is 4.73. The van der Waals surface area contributed by atoms with Crippen LogP contribution in [-0.2, 0) is 0 Å². The second-order valence-electron chi connectivity index (χ2n) is 3.45. The molecule has 1 radical (unpaired) electrons. The number of alkyl halides is 1. The largest absolute Gasteiger partial charge is 0.247 e. The molecule has 0 heterocycles. The molecule has 0 aliphatic heterocycles. The highest BCUT2D eigenvalue weighted by atomic mass is 19.1. The van der Waals surface area contributed by atoms with Gasteiger partial charge in [-0.1, -0.05) is 5.92 Å². The zero-order chi connectivity index (χ0) is 8.81. The van der Waals surface area contributed by atoms with Gasteiger partial charge in [0.25, 0.3) is 0 Å². The van der Waals surface area contributed by atoms with E-state index >= 15 is 0 Å². The summed E-state index contributed by atoms with van der Waals surface area (Å²) >= 11 is 0. The van der Waals surface area contributed by atoms with Gasteiger partial charge in [0, 0.05) is 12.3 Å². The van der Waals surface area contributed by atoms with E-state index in [1.54, 1.807) is 6.92 Å². The van der Waals surface area contributed by atoms with Gasteiger partial charge < -0.3 is 0 Å². The van der Waals surface area contributed by atoms with E-state index in [1.807, 2.05) is 0 Å². The molecule has 0 bridgehead atoms. The van der Waals surface area contributed by atoms with E-state index < -0.39 is 6.17 Å². The number of hydrogen-bond acceptors (Lipinski definition) is 0. The van der Waals surface area contributed by atoms with Crippen molar-refractivity contribution >= 4 is 0 Å². The molecule has 12 heavy (non-hydrogen) atoms. The molecule has 1 atom stereocenters. The van der Waals surface area contributed by atoms with Crippen LogP contribution in [0.1, 0.15) is 39.0 Å². The monoisotopic (exact) mass is 167 g/mol. The van der Waals surface area contributed by atoms with Crippen LogP contribution in [0.15, 0.2) is 0 Å². The van der Waals surface area contributed by atoms with Crippen molar-refractivity contribution in [3.63, 3.8) is 0 Å². The first kappa shape index (κ1) is 9.58. The molecule has 0 N–H and O–H groups in total. The van der Waals surface area contributed by atoms with Crippen molar-refractivity contribution < 1.29 is 4.39 Å². The SMILES string of the molecule is CC(F)CC#CC1CC[CH]CC1. The van der Waals surface area contributed by atoms with Gasteiger partial charge in [-0.3, -0.25) is 0 Å². The maximum absolute atomic E-state index is 12.3. The Kier molecular flexibility index (Phi) is 4.14. The van der Waals surface area contributed by atoms with Gasteiger partial charge in [0.1, 0.15) is 6.17 Å². The lowest BCUT2D eigenvalue weighted by molar-refractivity contribution is 0.369. The molecule has 1 aliphatic rings. The van der Waals surface area contributed by atoms with Crippen LogP contribution in [0.3, 0.4) is 0 Å². The molecule has 1 unspecified atom stereocenters. The Morgan fingerprint density at radius 2 is 2.17 bits per heavy atom. The second-order valence-corrected chi connectivity index (χ2v) is 3.45. The van der Waals surface area contributed by atoms with Crippen molar-refractivity contribution in [1.29, 1.82) is 0 Å². The van der Waals surface area contributed by atoms with Gasteiger partial charge in [-0.2, -0.15) is 0 Å². The van der Waals surface area contributed by atoms with Crippen LogP contribution in [0.25, 0.3) is 0 Å². The fraction of sp³-hybridized carbons (Fsp3) is 0.727. The van der Waals surface area contributed by atoms with E-state index in [2.05, 4.69) is 18.3 Å². The molecule has 0 aromatic rings. The van der Waals surface area contributed by atoms with Gasteiger partial charge in [0.15, 0.2) is 0 Å². The zero-order valence-corrected chi connectivity index (χ0v) is 7.65. The molecule has 1 rings (SSSR count). The topological polar surface area (TPSA) is 0 Å². The van der Waals surface area contributed by atoms with Crippen molar-refractivity contribution in [1.82, 2.24) is 0 Å². The molecule has 1 heteroatoms. The highest BCUT2D eigenvalue weighted by Gasteiger charge is 2.09. The Labute approximate surface area is 74.5 Å². The average molecular weight is 167 g/mol. The van der Waals surface area contributed by atoms with Crippen LogP contribution < -0.4 is 0 Å². The highest BCUT2D eigenvalue weighted by molar-refractivity contribution is 5.06. The third-order valence-electron chi connectivity index (χ3n) is 2.13. The number of halogens is 1. The van der Waals surface area contributed by atoms with Crippen molar-refractivity contribution in [3.05, 3.63) is 6.42 Å². The predicted octanol–water partition coefficient (Wildman–Crippen LogP) is 3.13. The molecular formula is C11H16F. The molecule has 0 aromatic heterocycles. The standard InChI is InChI=1S/C11H16F/c1-10(12)6-5-9-11-7-3-2-4-8-11/h2,10-11H,3-4,6-8H2,1H3. The first-order chi connectivity index (χ1) is 5.79. The molecule has 0 saturated heterocycles. The van der Waals surface area contributed by atoms with E-state index in [0.717, 1.165) is 0 Å². The molecule has 0 aromatic carbocycles. The van der Waals surface area contributed by atoms with Crippen LogP contribution >= 0.6 is 0 Å².